The molecule has 8 heteroatoms. The van der Waals surface area contributed by atoms with Crippen molar-refractivity contribution in [1.29, 1.82) is 0 Å². The van der Waals surface area contributed by atoms with Crippen LogP contribution in [0.4, 0.5) is 0 Å². The van der Waals surface area contributed by atoms with Gasteiger partial charge in [0.1, 0.15) is 6.04 Å². The predicted molar refractivity (Wildman–Crippen MR) is 80.3 cm³/mol. The van der Waals surface area contributed by atoms with Crippen LogP contribution in [-0.2, 0) is 14.8 Å². The maximum Gasteiger partial charge on any atom is 0.243 e. The lowest BCUT2D eigenvalue weighted by atomic mass is 10.0. The van der Waals surface area contributed by atoms with E-state index in [-0.39, 0.29) is 11.4 Å². The molecule has 1 aromatic carbocycles. The van der Waals surface area contributed by atoms with Gasteiger partial charge in [0, 0.05) is 12.6 Å². The van der Waals surface area contributed by atoms with Crippen molar-refractivity contribution in [3.05, 3.63) is 18.2 Å². The second-order valence-electron chi connectivity index (χ2n) is 5.05. The van der Waals surface area contributed by atoms with E-state index in [4.69, 9.17) is 15.2 Å². The summed E-state index contributed by atoms with van der Waals surface area (Å²) in [5.41, 5.74) is 5.34. The first kappa shape index (κ1) is 16.6. The lowest BCUT2D eigenvalue weighted by Crippen LogP contribution is -2.50. The van der Waals surface area contributed by atoms with Gasteiger partial charge in [0.15, 0.2) is 11.5 Å². The van der Waals surface area contributed by atoms with Gasteiger partial charge in [-0.25, -0.2) is 8.42 Å². The Kier molecular flexibility index (Phi) is 4.92. The second kappa shape index (κ2) is 6.53. The first-order valence-corrected chi connectivity index (χ1v) is 8.39. The Morgan fingerprint density at radius 3 is 2.50 bits per heavy atom. The van der Waals surface area contributed by atoms with Gasteiger partial charge in [-0.05, 0) is 25.0 Å². The van der Waals surface area contributed by atoms with Crippen LogP contribution in [0.1, 0.15) is 19.3 Å². The van der Waals surface area contributed by atoms with Gasteiger partial charge in [-0.1, -0.05) is 6.42 Å². The van der Waals surface area contributed by atoms with E-state index in [1.165, 1.54) is 36.7 Å². The summed E-state index contributed by atoms with van der Waals surface area (Å²) in [4.78, 5) is 11.6. The van der Waals surface area contributed by atoms with Crippen LogP contribution in [0.25, 0.3) is 0 Å². The molecule has 22 heavy (non-hydrogen) atoms. The summed E-state index contributed by atoms with van der Waals surface area (Å²) < 4.78 is 37.0. The number of hydrogen-bond acceptors (Lipinski definition) is 5. The third kappa shape index (κ3) is 3.02. The van der Waals surface area contributed by atoms with Gasteiger partial charge < -0.3 is 15.2 Å². The number of carbonyl (C=O) groups is 1. The molecule has 0 aliphatic carbocycles. The molecule has 1 amide bonds. The molecule has 1 fully saturated rings. The molecule has 2 rings (SSSR count). The Morgan fingerprint density at radius 1 is 1.23 bits per heavy atom. The summed E-state index contributed by atoms with van der Waals surface area (Å²) >= 11 is 0. The molecule has 0 bridgehead atoms. The van der Waals surface area contributed by atoms with E-state index in [0.717, 1.165) is 6.42 Å². The Morgan fingerprint density at radius 2 is 1.91 bits per heavy atom. The smallest absolute Gasteiger partial charge is 0.243 e. The predicted octanol–water partition coefficient (Wildman–Crippen LogP) is 0.732. The number of nitrogens with zero attached hydrogens (tertiary/aromatic N) is 1. The van der Waals surface area contributed by atoms with E-state index in [9.17, 15) is 13.2 Å². The van der Waals surface area contributed by atoms with Crippen molar-refractivity contribution < 1.29 is 22.7 Å². The van der Waals surface area contributed by atoms with E-state index in [2.05, 4.69) is 0 Å². The quantitative estimate of drug-likeness (QED) is 0.859. The molecule has 0 saturated carbocycles. The zero-order chi connectivity index (χ0) is 16.3. The average molecular weight is 328 g/mol. The standard InChI is InChI=1S/C14H20N2O5S/c1-20-12-7-6-10(9-13(12)21-2)22(18,19)16-8-4-3-5-11(16)14(15)17/h6-7,9,11H,3-5,8H2,1-2H3,(H2,15,17)/t11-/m0/s1. The number of hydrogen-bond donors (Lipinski definition) is 1. The summed E-state index contributed by atoms with van der Waals surface area (Å²) in [5.74, 6) is 0.131. The molecule has 0 spiro atoms. The van der Waals surface area contributed by atoms with E-state index in [1.807, 2.05) is 0 Å². The fraction of sp³-hybridized carbons (Fsp3) is 0.500. The highest BCUT2D eigenvalue weighted by molar-refractivity contribution is 7.89. The molecule has 1 atom stereocenters. The fourth-order valence-electron chi connectivity index (χ4n) is 2.59. The molecule has 1 aliphatic heterocycles. The molecule has 0 aromatic heterocycles. The highest BCUT2D eigenvalue weighted by atomic mass is 32.2. The van der Waals surface area contributed by atoms with Crippen molar-refractivity contribution in [2.24, 2.45) is 5.73 Å². The maximum absolute atomic E-state index is 12.8. The van der Waals surface area contributed by atoms with Gasteiger partial charge >= 0.3 is 0 Å². The third-order valence-corrected chi connectivity index (χ3v) is 5.65. The van der Waals surface area contributed by atoms with Crippen LogP contribution >= 0.6 is 0 Å². The van der Waals surface area contributed by atoms with Crippen molar-refractivity contribution in [2.45, 2.75) is 30.2 Å². The topological polar surface area (TPSA) is 98.9 Å². The number of ether oxygens (including phenoxy) is 2. The summed E-state index contributed by atoms with van der Waals surface area (Å²) in [6.45, 7) is 0.282. The van der Waals surface area contributed by atoms with Crippen LogP contribution in [0.2, 0.25) is 0 Å². The molecule has 1 heterocycles. The summed E-state index contributed by atoms with van der Waals surface area (Å²) in [5, 5.41) is 0. The molecule has 1 saturated heterocycles. The van der Waals surface area contributed by atoms with Gasteiger partial charge in [-0.3, -0.25) is 4.79 Å². The number of rotatable bonds is 5. The molecule has 1 aliphatic rings. The Bertz CT molecular complexity index is 659. The number of piperidine rings is 1. The lowest BCUT2D eigenvalue weighted by molar-refractivity contribution is -0.122. The first-order chi connectivity index (χ1) is 10.4. The minimum absolute atomic E-state index is 0.0540. The number of carbonyl (C=O) groups excluding carboxylic acids is 1. The average Bonchev–Trinajstić information content (AvgIpc) is 2.54. The van der Waals surface area contributed by atoms with Crippen LogP contribution in [0.15, 0.2) is 23.1 Å². The molecule has 1 aromatic rings. The maximum atomic E-state index is 12.8. The fourth-order valence-corrected chi connectivity index (χ4v) is 4.27. The van der Waals surface area contributed by atoms with Gasteiger partial charge in [0.25, 0.3) is 0 Å². The highest BCUT2D eigenvalue weighted by Gasteiger charge is 2.36. The largest absolute Gasteiger partial charge is 0.493 e. The molecule has 2 N–H and O–H groups in total. The zero-order valence-electron chi connectivity index (χ0n) is 12.6. The number of benzene rings is 1. The molecular weight excluding hydrogens is 308 g/mol. The minimum atomic E-state index is -3.82. The Labute approximate surface area is 130 Å². The zero-order valence-corrected chi connectivity index (χ0v) is 13.4. The van der Waals surface area contributed by atoms with E-state index < -0.39 is 22.0 Å². The molecule has 0 unspecified atom stereocenters. The summed E-state index contributed by atoms with van der Waals surface area (Å²) in [7, 11) is -0.913. The Balaban J connectivity index is 2.42. The summed E-state index contributed by atoms with van der Waals surface area (Å²) in [6, 6.07) is 3.55. The minimum Gasteiger partial charge on any atom is -0.493 e. The number of sulfonamides is 1. The molecule has 122 valence electrons. The Hall–Kier alpha value is -1.80. The van der Waals surface area contributed by atoms with Gasteiger partial charge in [-0.2, -0.15) is 4.31 Å². The van der Waals surface area contributed by atoms with Crippen LogP contribution < -0.4 is 15.2 Å². The number of primary amides is 1. The molecular formula is C14H20N2O5S. The van der Waals surface area contributed by atoms with Crippen molar-refractivity contribution in [1.82, 2.24) is 4.31 Å². The van der Waals surface area contributed by atoms with Crippen molar-refractivity contribution in [2.75, 3.05) is 20.8 Å². The van der Waals surface area contributed by atoms with Gasteiger partial charge in [-0.15, -0.1) is 0 Å². The van der Waals surface area contributed by atoms with Crippen LogP contribution in [0.5, 0.6) is 11.5 Å². The van der Waals surface area contributed by atoms with E-state index in [0.29, 0.717) is 24.3 Å². The van der Waals surface area contributed by atoms with Crippen molar-refractivity contribution in [3.8, 4) is 11.5 Å². The lowest BCUT2D eigenvalue weighted by Gasteiger charge is -2.32. The molecule has 7 nitrogen and oxygen atoms in total. The number of methoxy groups -OCH3 is 2. The SMILES string of the molecule is COc1ccc(S(=O)(=O)N2CCCC[C@H]2C(N)=O)cc1OC. The van der Waals surface area contributed by atoms with Crippen molar-refractivity contribution in [3.63, 3.8) is 0 Å². The van der Waals surface area contributed by atoms with E-state index in [1.54, 1.807) is 0 Å². The van der Waals surface area contributed by atoms with Gasteiger partial charge in [0.05, 0.1) is 19.1 Å². The monoisotopic (exact) mass is 328 g/mol. The molecule has 0 radical (unpaired) electrons. The van der Waals surface area contributed by atoms with Crippen molar-refractivity contribution >= 4 is 15.9 Å². The number of nitrogens with two attached hydrogens (primary N) is 1. The van der Waals surface area contributed by atoms with E-state index >= 15 is 0 Å². The first-order valence-electron chi connectivity index (χ1n) is 6.95. The van der Waals surface area contributed by atoms with Gasteiger partial charge in [0.2, 0.25) is 15.9 Å². The normalized spacial score (nSPS) is 19.6. The third-order valence-electron chi connectivity index (χ3n) is 3.74. The highest BCUT2D eigenvalue weighted by Crippen LogP contribution is 2.32. The van der Waals surface area contributed by atoms with Crippen LogP contribution in [-0.4, -0.2) is 45.4 Å². The summed E-state index contributed by atoms with van der Waals surface area (Å²) in [6.07, 6.45) is 1.93. The second-order valence-corrected chi connectivity index (χ2v) is 6.94. The number of amides is 1. The van der Waals surface area contributed by atoms with Crippen LogP contribution in [0.3, 0.4) is 0 Å². The van der Waals surface area contributed by atoms with Crippen LogP contribution in [0, 0.1) is 0 Å².